The number of nitrogens with two attached hydrogens (primary N) is 1. The third kappa shape index (κ3) is 30.5. The summed E-state index contributed by atoms with van der Waals surface area (Å²) in [6, 6.07) is 12.3. The summed E-state index contributed by atoms with van der Waals surface area (Å²) in [5.74, 6) is -9.32. The number of aliphatic hydroxyl groups is 1. The molecule has 6 rings (SSSR count). The van der Waals surface area contributed by atoms with E-state index >= 15 is 0 Å². The molecule has 0 radical (unpaired) electrons. The van der Waals surface area contributed by atoms with Crippen LogP contribution in [0, 0.1) is 34.9 Å². The van der Waals surface area contributed by atoms with E-state index in [-0.39, 0.29) is 142 Å². The molecule has 0 bridgehead atoms. The number of carboxylic acids is 1. The van der Waals surface area contributed by atoms with E-state index in [4.69, 9.17) is 102 Å². The molecule has 0 aliphatic heterocycles. The van der Waals surface area contributed by atoms with Crippen molar-refractivity contribution in [3.63, 3.8) is 0 Å². The molecule has 5 N–H and O–H groups in total. The number of methoxy groups -OCH3 is 16. The molecule has 99 heavy (non-hydrogen) atoms. The van der Waals surface area contributed by atoms with Crippen LogP contribution in [0.3, 0.4) is 0 Å². The second kappa shape index (κ2) is 50.0. The van der Waals surface area contributed by atoms with Crippen molar-refractivity contribution in [1.82, 2.24) is 0 Å². The number of aliphatic hydroxyl groups excluding tert-OH is 1. The second-order valence-corrected chi connectivity index (χ2v) is 21.2. The zero-order valence-electron chi connectivity index (χ0n) is 55.8. The molecule has 27 nitrogen and oxygen atoms in total. The first-order valence-electron chi connectivity index (χ1n) is 25.6. The molecule has 0 saturated carbocycles. The number of benzene rings is 6. The summed E-state index contributed by atoms with van der Waals surface area (Å²) >= 11 is 17.1. The van der Waals surface area contributed by atoms with E-state index in [1.165, 1.54) is 130 Å². The van der Waals surface area contributed by atoms with E-state index in [0.717, 1.165) is 20.3 Å². The Morgan fingerprint density at radius 2 is 0.657 bits per heavy atom. The molecular formula is C59H67Cl5F6KNO26S. The molecule has 0 saturated heterocycles. The van der Waals surface area contributed by atoms with Crippen molar-refractivity contribution < 1.29 is 202 Å². The van der Waals surface area contributed by atoms with Gasteiger partial charge in [-0.05, 0) is 25.1 Å². The Balaban J connectivity index is -0.000000533. The summed E-state index contributed by atoms with van der Waals surface area (Å²) in [6.07, 6.45) is 0. The normalized spacial score (nSPS) is 9.51. The predicted octanol–water partition coefficient (Wildman–Crippen LogP) is 8.98. The van der Waals surface area contributed by atoms with Crippen LogP contribution in [-0.4, -0.2) is 174 Å². The van der Waals surface area contributed by atoms with Crippen molar-refractivity contribution in [3.8, 4) is 69.0 Å². The Morgan fingerprint density at radius 1 is 0.394 bits per heavy atom. The van der Waals surface area contributed by atoms with Crippen LogP contribution in [0.4, 0.5) is 32.0 Å². The predicted molar refractivity (Wildman–Crippen MR) is 344 cm³/mol. The van der Waals surface area contributed by atoms with Crippen molar-refractivity contribution >= 4 is 100.0 Å². The van der Waals surface area contributed by atoms with Gasteiger partial charge in [-0.3, -0.25) is 0 Å². The summed E-state index contributed by atoms with van der Waals surface area (Å²) in [6.45, 7) is 1.93. The Bertz CT molecular complexity index is 3520. The van der Waals surface area contributed by atoms with Crippen LogP contribution < -0.4 is 114 Å². The Kier molecular flexibility index (Phi) is 49.5. The van der Waals surface area contributed by atoms with Gasteiger partial charge in [0, 0.05) is 64.4 Å². The number of carbonyl (C=O) groups is 5. The standard InChI is InChI=1S/C10H10ClFO4.C10H10F2O4.C10H11FO4.C10H12O4.C9H8ClFO4.C8H9ClFNO2.C2H6O.Cl2O2S.K.H2O/c2*1-14-5-4-6(15-2)9(12)7(8(5)11)10(13)16-3;1-13-6-4-7(10(12)15-3)9(11)8(5-6)14-2;1-12-8-4-7(10(11)14-3)5-9(6-8)13-2;1-14-4-3-5(15-2)8(11)6(7(4)10)9(12)13;1-12-4-3-5(13-2)7(10)8(11)6(4)9;1-2-3;1-5(2,3)4;;/h2*4H,1-3H3;4-5H,1-3H3;4-6H,1-3H3;3H,1-2H3,(H,12,13);3H,11H2,1-2H3;3H,2H2,1H3;;;1H2/q;;;;;;;;+1;/p-1. The summed E-state index contributed by atoms with van der Waals surface area (Å²) in [7, 11) is 25.5. The van der Waals surface area contributed by atoms with Gasteiger partial charge >= 0.3 is 89.5 Å². The Labute approximate surface area is 630 Å². The number of hydrogen-bond donors (Lipinski definition) is 3. The number of hydrogen-bond acceptors (Lipinski definition) is 26. The van der Waals surface area contributed by atoms with Crippen LogP contribution in [-0.2, 0) is 27.2 Å². The fourth-order valence-electron chi connectivity index (χ4n) is 6.45. The van der Waals surface area contributed by atoms with Crippen LogP contribution in [0.1, 0.15) is 58.7 Å². The Hall–Kier alpha value is -7.39. The van der Waals surface area contributed by atoms with Gasteiger partial charge in [-0.2, -0.15) is 8.42 Å². The zero-order chi connectivity index (χ0) is 75.4. The zero-order valence-corrected chi connectivity index (χ0v) is 63.5. The minimum absolute atomic E-state index is 0. The SMILES string of the molecule is CCO.COC(=O)c1c(F)c(OC)cc(OC)c1Cl.COC(=O)c1c(F)c(OC)cc(OC)c1F.COC(=O)c1cc(OC)cc(OC)c1.COC(=O)c1cc(OC)cc(OC)c1F.COc1cc(OC)c(Cl)c(C(=O)O)c1F.COc1cc(OC)c(Cl)c(N)c1F.O=S(=O)(Cl)Cl.[K+].[OH-]. The monoisotopic (exact) mass is 1570 g/mol. The number of esters is 4. The summed E-state index contributed by atoms with van der Waals surface area (Å²) in [5, 5.41) is 15.9. The van der Waals surface area contributed by atoms with Crippen molar-refractivity contribution in [2.75, 3.05) is 126 Å². The van der Waals surface area contributed by atoms with E-state index in [2.05, 4.69) is 54.5 Å². The van der Waals surface area contributed by atoms with Crippen LogP contribution in [0.5, 0.6) is 69.0 Å². The molecular weight excluding hydrogens is 1500 g/mol. The van der Waals surface area contributed by atoms with Crippen LogP contribution in [0.25, 0.3) is 0 Å². The van der Waals surface area contributed by atoms with Gasteiger partial charge in [0.05, 0.1) is 125 Å². The van der Waals surface area contributed by atoms with Crippen molar-refractivity contribution in [1.29, 1.82) is 0 Å². The maximum Gasteiger partial charge on any atom is 1.00 e. The first-order valence-corrected chi connectivity index (χ1v) is 29.9. The number of carboxylic acid groups (broad SMARTS) is 1. The molecule has 0 aromatic heterocycles. The van der Waals surface area contributed by atoms with E-state index in [1.807, 2.05) is 0 Å². The molecule has 0 heterocycles. The molecule has 0 amide bonds. The quantitative estimate of drug-likeness (QED) is 0.0191. The molecule has 0 unspecified atom stereocenters. The van der Waals surface area contributed by atoms with Crippen molar-refractivity contribution in [3.05, 3.63) is 132 Å². The van der Waals surface area contributed by atoms with E-state index < -0.39 is 89.7 Å². The van der Waals surface area contributed by atoms with Crippen LogP contribution in [0.15, 0.2) is 54.6 Å². The molecule has 0 aliphatic carbocycles. The molecule has 0 fully saturated rings. The molecule has 6 aromatic rings. The van der Waals surface area contributed by atoms with Gasteiger partial charge in [0.1, 0.15) is 71.8 Å². The van der Waals surface area contributed by atoms with Gasteiger partial charge in [-0.15, -0.1) is 0 Å². The van der Waals surface area contributed by atoms with E-state index in [0.29, 0.717) is 22.8 Å². The van der Waals surface area contributed by atoms with Crippen LogP contribution >= 0.6 is 56.2 Å². The average Bonchev–Trinajstić information content (AvgIpc) is 0.820. The maximum atomic E-state index is 13.7. The van der Waals surface area contributed by atoms with Gasteiger partial charge in [-0.1, -0.05) is 34.8 Å². The molecule has 0 atom stereocenters. The number of ether oxygens (including phenoxy) is 16. The van der Waals surface area contributed by atoms with Gasteiger partial charge < -0.3 is 97.2 Å². The molecule has 548 valence electrons. The second-order valence-electron chi connectivity index (χ2n) is 16.4. The number of nitrogen functional groups attached to an aromatic ring is 1. The number of aromatic carboxylic acids is 1. The van der Waals surface area contributed by atoms with Crippen molar-refractivity contribution in [2.45, 2.75) is 6.92 Å². The van der Waals surface area contributed by atoms with Gasteiger partial charge in [-0.25, -0.2) is 50.3 Å². The van der Waals surface area contributed by atoms with Gasteiger partial charge in [0.2, 0.25) is 0 Å². The fraction of sp³-hybridized carbons (Fsp3) is 0.305. The minimum Gasteiger partial charge on any atom is -0.870 e. The molecule has 0 spiro atoms. The fourth-order valence-corrected chi connectivity index (χ4v) is 7.25. The molecule has 6 aromatic carbocycles. The average molecular weight is 1570 g/mol. The number of rotatable bonds is 17. The minimum atomic E-state index is -3.72. The third-order valence-electron chi connectivity index (χ3n) is 11.0. The smallest absolute Gasteiger partial charge is 0.870 e. The van der Waals surface area contributed by atoms with E-state index in [1.54, 1.807) is 25.1 Å². The first kappa shape index (κ1) is 98.0. The number of anilines is 1. The third-order valence-corrected chi connectivity index (χ3v) is 12.1. The van der Waals surface area contributed by atoms with Gasteiger partial charge in [0.25, 0.3) is 0 Å². The summed E-state index contributed by atoms with van der Waals surface area (Å²) < 4.78 is 175. The van der Waals surface area contributed by atoms with E-state index in [9.17, 15) is 50.3 Å². The Morgan fingerprint density at radius 3 is 0.970 bits per heavy atom. The van der Waals surface area contributed by atoms with Gasteiger partial charge in [0.15, 0.2) is 69.4 Å². The number of halogens is 11. The molecule has 0 aliphatic rings. The van der Waals surface area contributed by atoms with Crippen LogP contribution in [0.2, 0.25) is 15.1 Å². The number of carbonyl (C=O) groups excluding carboxylic acids is 4. The summed E-state index contributed by atoms with van der Waals surface area (Å²) in [4.78, 5) is 55.7. The first-order chi connectivity index (χ1) is 45.5. The topological polar surface area (TPSA) is 364 Å². The summed E-state index contributed by atoms with van der Waals surface area (Å²) in [5.41, 5.74) is 3.49. The maximum absolute atomic E-state index is 13.7. The molecule has 40 heteroatoms. The largest absolute Gasteiger partial charge is 1.00 e. The van der Waals surface area contributed by atoms with Crippen molar-refractivity contribution in [2.24, 2.45) is 0 Å².